The van der Waals surface area contributed by atoms with Gasteiger partial charge in [0.05, 0.1) is 23.6 Å². The summed E-state index contributed by atoms with van der Waals surface area (Å²) >= 11 is 0. The summed E-state index contributed by atoms with van der Waals surface area (Å²) in [5, 5.41) is 19.9. The van der Waals surface area contributed by atoms with E-state index in [1.807, 2.05) is 19.0 Å². The van der Waals surface area contributed by atoms with Crippen LogP contribution in [-0.2, 0) is 0 Å². The molecule has 0 saturated heterocycles. The van der Waals surface area contributed by atoms with Gasteiger partial charge in [-0.25, -0.2) is 0 Å². The highest BCUT2D eigenvalue weighted by Crippen LogP contribution is 2.03. The topological polar surface area (TPSA) is 78.4 Å². The third kappa shape index (κ3) is 4.88. The van der Waals surface area contributed by atoms with E-state index in [1.54, 1.807) is 13.0 Å². The normalized spacial score (nSPS) is 14.4. The monoisotopic (exact) mass is 238 g/mol. The molecule has 6 nitrogen and oxygen atoms in total. The van der Waals surface area contributed by atoms with Crippen LogP contribution in [0.1, 0.15) is 17.3 Å². The highest BCUT2D eigenvalue weighted by Gasteiger charge is 2.22. The van der Waals surface area contributed by atoms with Gasteiger partial charge < -0.3 is 15.3 Å². The highest BCUT2D eigenvalue weighted by molar-refractivity contribution is 5.93. The zero-order valence-electron chi connectivity index (χ0n) is 10.3. The number of nitrogens with zero attached hydrogens (tertiary/aromatic N) is 3. The number of aromatic nitrogens is 2. The van der Waals surface area contributed by atoms with Gasteiger partial charge in [-0.05, 0) is 27.1 Å². The van der Waals surface area contributed by atoms with Crippen molar-refractivity contribution in [3.8, 4) is 0 Å². The van der Waals surface area contributed by atoms with Crippen LogP contribution in [0.15, 0.2) is 18.5 Å². The average molecular weight is 238 g/mol. The van der Waals surface area contributed by atoms with Crippen LogP contribution in [0.3, 0.4) is 0 Å². The van der Waals surface area contributed by atoms with E-state index in [2.05, 4.69) is 15.5 Å². The van der Waals surface area contributed by atoms with Crippen molar-refractivity contribution in [3.63, 3.8) is 0 Å². The number of likely N-dealkylation sites (N-methyl/N-ethyl adjacent to an activating group) is 1. The van der Waals surface area contributed by atoms with E-state index < -0.39 is 5.60 Å². The first-order chi connectivity index (χ1) is 7.91. The molecule has 0 aliphatic heterocycles. The van der Waals surface area contributed by atoms with Crippen LogP contribution >= 0.6 is 0 Å². The molecule has 0 aliphatic carbocycles. The van der Waals surface area contributed by atoms with Crippen molar-refractivity contribution >= 4 is 5.91 Å². The van der Waals surface area contributed by atoms with E-state index in [0.717, 1.165) is 0 Å². The number of carbonyl (C=O) groups is 1. The third-order valence-corrected chi connectivity index (χ3v) is 2.13. The van der Waals surface area contributed by atoms with Crippen molar-refractivity contribution in [1.82, 2.24) is 20.4 Å². The summed E-state index contributed by atoms with van der Waals surface area (Å²) in [4.78, 5) is 13.5. The summed E-state index contributed by atoms with van der Waals surface area (Å²) in [6.45, 7) is 2.34. The molecule has 1 heterocycles. The number of hydrogen-bond donors (Lipinski definition) is 2. The van der Waals surface area contributed by atoms with Gasteiger partial charge in [0.25, 0.3) is 5.91 Å². The maximum absolute atomic E-state index is 11.7. The second-order valence-electron chi connectivity index (χ2n) is 4.55. The molecule has 1 rings (SSSR count). The zero-order valence-corrected chi connectivity index (χ0v) is 10.3. The minimum atomic E-state index is -0.959. The largest absolute Gasteiger partial charge is 0.387 e. The molecule has 0 bridgehead atoms. The van der Waals surface area contributed by atoms with Gasteiger partial charge in [-0.2, -0.15) is 10.2 Å². The maximum atomic E-state index is 11.7. The van der Waals surface area contributed by atoms with Crippen molar-refractivity contribution in [3.05, 3.63) is 24.0 Å². The first-order valence-corrected chi connectivity index (χ1v) is 5.33. The lowest BCUT2D eigenvalue weighted by molar-refractivity contribution is 0.0326. The predicted molar refractivity (Wildman–Crippen MR) is 63.5 cm³/mol. The van der Waals surface area contributed by atoms with Crippen molar-refractivity contribution in [2.75, 3.05) is 27.2 Å². The third-order valence-electron chi connectivity index (χ3n) is 2.13. The molecular formula is C11H18N4O2. The molecular weight excluding hydrogens is 220 g/mol. The van der Waals surface area contributed by atoms with Gasteiger partial charge >= 0.3 is 0 Å². The SMILES string of the molecule is CN(C)CC(C)(O)CNC(=O)c1ccnnc1. The van der Waals surface area contributed by atoms with Gasteiger partial charge in [-0.1, -0.05) is 0 Å². The number of rotatable bonds is 5. The average Bonchev–Trinajstić information content (AvgIpc) is 2.25. The predicted octanol–water partition coefficient (Wildman–Crippen LogP) is -0.481. The standard InChI is InChI=1S/C11H18N4O2/c1-11(17,8-15(2)3)7-12-10(16)9-4-5-13-14-6-9/h4-6,17H,7-8H2,1-3H3,(H,12,16). The van der Waals surface area contributed by atoms with Gasteiger partial charge in [0.2, 0.25) is 0 Å². The van der Waals surface area contributed by atoms with E-state index in [-0.39, 0.29) is 12.5 Å². The van der Waals surface area contributed by atoms with Gasteiger partial charge in [-0.15, -0.1) is 0 Å². The molecule has 1 aromatic heterocycles. The maximum Gasteiger partial charge on any atom is 0.253 e. The molecule has 1 aromatic rings. The molecule has 6 heteroatoms. The number of nitrogens with one attached hydrogen (secondary N) is 1. The lowest BCUT2D eigenvalue weighted by Gasteiger charge is -2.27. The van der Waals surface area contributed by atoms with Gasteiger partial charge in [-0.3, -0.25) is 4.79 Å². The summed E-state index contributed by atoms with van der Waals surface area (Å²) in [5.41, 5.74) is -0.528. The van der Waals surface area contributed by atoms with Crippen LogP contribution in [0.25, 0.3) is 0 Å². The molecule has 94 valence electrons. The Bertz CT molecular complexity index is 365. The summed E-state index contributed by atoms with van der Waals surface area (Å²) in [6, 6.07) is 1.57. The summed E-state index contributed by atoms with van der Waals surface area (Å²) in [5.74, 6) is -0.265. The van der Waals surface area contributed by atoms with E-state index in [4.69, 9.17) is 0 Å². The molecule has 1 unspecified atom stereocenters. The van der Waals surface area contributed by atoms with Crippen molar-refractivity contribution in [1.29, 1.82) is 0 Å². The van der Waals surface area contributed by atoms with Gasteiger partial charge in [0.1, 0.15) is 0 Å². The van der Waals surface area contributed by atoms with Crippen molar-refractivity contribution < 1.29 is 9.90 Å². The van der Waals surface area contributed by atoms with Crippen LogP contribution in [0.4, 0.5) is 0 Å². The first-order valence-electron chi connectivity index (χ1n) is 5.33. The van der Waals surface area contributed by atoms with E-state index in [9.17, 15) is 9.90 Å². The first kappa shape index (κ1) is 13.5. The van der Waals surface area contributed by atoms with Gasteiger partial charge in [0, 0.05) is 13.1 Å². The molecule has 0 saturated carbocycles. The number of carbonyl (C=O) groups excluding carboxylic acids is 1. The fourth-order valence-corrected chi connectivity index (χ4v) is 1.53. The molecule has 0 fully saturated rings. The molecule has 0 radical (unpaired) electrons. The Morgan fingerprint density at radius 1 is 1.53 bits per heavy atom. The summed E-state index contributed by atoms with van der Waals surface area (Å²) < 4.78 is 0. The summed E-state index contributed by atoms with van der Waals surface area (Å²) in [7, 11) is 3.73. The molecule has 0 aromatic carbocycles. The smallest absolute Gasteiger partial charge is 0.253 e. The Kier molecular flexibility index (Phi) is 4.53. The lowest BCUT2D eigenvalue weighted by atomic mass is 10.1. The lowest BCUT2D eigenvalue weighted by Crippen LogP contribution is -2.47. The highest BCUT2D eigenvalue weighted by atomic mass is 16.3. The molecule has 1 atom stereocenters. The Hall–Kier alpha value is -1.53. The second kappa shape index (κ2) is 5.70. The Morgan fingerprint density at radius 3 is 2.76 bits per heavy atom. The number of amides is 1. The number of aliphatic hydroxyl groups is 1. The minimum absolute atomic E-state index is 0.187. The second-order valence-corrected chi connectivity index (χ2v) is 4.55. The zero-order chi connectivity index (χ0) is 12.9. The molecule has 2 N–H and O–H groups in total. The van der Waals surface area contributed by atoms with Gasteiger partial charge in [0.15, 0.2) is 0 Å². The molecule has 0 spiro atoms. The Labute approximate surface area is 101 Å². The van der Waals surface area contributed by atoms with Crippen LogP contribution in [0, 0.1) is 0 Å². The quantitative estimate of drug-likeness (QED) is 0.724. The molecule has 1 amide bonds. The van der Waals surface area contributed by atoms with E-state index >= 15 is 0 Å². The van der Waals surface area contributed by atoms with Crippen LogP contribution in [0.5, 0.6) is 0 Å². The Morgan fingerprint density at radius 2 is 2.24 bits per heavy atom. The number of hydrogen-bond acceptors (Lipinski definition) is 5. The fraction of sp³-hybridized carbons (Fsp3) is 0.545. The van der Waals surface area contributed by atoms with E-state index in [0.29, 0.717) is 12.1 Å². The van der Waals surface area contributed by atoms with Crippen molar-refractivity contribution in [2.24, 2.45) is 0 Å². The molecule has 0 aliphatic rings. The molecule has 17 heavy (non-hydrogen) atoms. The minimum Gasteiger partial charge on any atom is -0.387 e. The van der Waals surface area contributed by atoms with Crippen LogP contribution < -0.4 is 5.32 Å². The van der Waals surface area contributed by atoms with Crippen molar-refractivity contribution in [2.45, 2.75) is 12.5 Å². The van der Waals surface area contributed by atoms with Crippen LogP contribution in [0.2, 0.25) is 0 Å². The fourth-order valence-electron chi connectivity index (χ4n) is 1.53. The van der Waals surface area contributed by atoms with Crippen LogP contribution in [-0.4, -0.2) is 58.9 Å². The van der Waals surface area contributed by atoms with E-state index in [1.165, 1.54) is 12.4 Å². The Balaban J connectivity index is 2.48. The summed E-state index contributed by atoms with van der Waals surface area (Å²) in [6.07, 6.45) is 2.84.